The molecule has 118 valence electrons. The summed E-state index contributed by atoms with van der Waals surface area (Å²) >= 11 is 2.17. The first kappa shape index (κ1) is 15.4. The first-order valence-electron chi connectivity index (χ1n) is 6.47. The lowest BCUT2D eigenvalue weighted by Crippen LogP contribution is -2.13. The molecule has 1 amide bonds. The molecule has 0 atom stereocenters. The third kappa shape index (κ3) is 2.76. The monoisotopic (exact) mass is 349 g/mol. The van der Waals surface area contributed by atoms with Gasteiger partial charge in [-0.05, 0) is 18.2 Å². The van der Waals surface area contributed by atoms with E-state index in [0.717, 1.165) is 21.6 Å². The van der Waals surface area contributed by atoms with Crippen molar-refractivity contribution in [3.05, 3.63) is 50.1 Å². The molecular weight excluding hydrogens is 338 g/mol. The van der Waals surface area contributed by atoms with Crippen LogP contribution in [0.2, 0.25) is 0 Å². The van der Waals surface area contributed by atoms with E-state index in [0.29, 0.717) is 10.6 Å². The number of fused-ring (bicyclic) bond motifs is 1. The van der Waals surface area contributed by atoms with Crippen molar-refractivity contribution >= 4 is 43.8 Å². The van der Waals surface area contributed by atoms with Gasteiger partial charge in [-0.2, -0.15) is 4.99 Å². The van der Waals surface area contributed by atoms with E-state index in [1.165, 1.54) is 23.5 Å². The van der Waals surface area contributed by atoms with Crippen molar-refractivity contribution in [1.29, 1.82) is 0 Å². The Morgan fingerprint density at radius 1 is 1.30 bits per heavy atom. The molecule has 0 N–H and O–H groups in total. The van der Waals surface area contributed by atoms with E-state index in [2.05, 4.69) is 4.99 Å². The van der Waals surface area contributed by atoms with Crippen LogP contribution in [0.3, 0.4) is 0 Å². The predicted molar refractivity (Wildman–Crippen MR) is 88.2 cm³/mol. The summed E-state index contributed by atoms with van der Waals surface area (Å²) in [5.74, 6) is 0.200. The number of ether oxygens (including phenoxy) is 1. The van der Waals surface area contributed by atoms with Gasteiger partial charge in [0, 0.05) is 13.1 Å². The van der Waals surface area contributed by atoms with Crippen LogP contribution in [0.4, 0.5) is 5.00 Å². The number of carbonyl (C=O) groups is 1. The fourth-order valence-corrected chi connectivity index (χ4v) is 3.86. The van der Waals surface area contributed by atoms with Crippen molar-refractivity contribution < 1.29 is 14.5 Å². The highest BCUT2D eigenvalue weighted by atomic mass is 32.1. The fraction of sp³-hybridized carbons (Fsp3) is 0.143. The Morgan fingerprint density at radius 3 is 2.74 bits per heavy atom. The smallest absolute Gasteiger partial charge is 0.324 e. The number of rotatable bonds is 3. The van der Waals surface area contributed by atoms with Gasteiger partial charge in [-0.25, -0.2) is 0 Å². The van der Waals surface area contributed by atoms with Crippen molar-refractivity contribution in [1.82, 2.24) is 4.57 Å². The quantitative estimate of drug-likeness (QED) is 0.537. The minimum absolute atomic E-state index is 0.0778. The number of nitrogens with zero attached hydrogens (tertiary/aromatic N) is 3. The van der Waals surface area contributed by atoms with Gasteiger partial charge in [0.25, 0.3) is 5.91 Å². The van der Waals surface area contributed by atoms with Crippen LogP contribution in [0.5, 0.6) is 5.75 Å². The molecule has 0 saturated carbocycles. The van der Waals surface area contributed by atoms with Gasteiger partial charge in [0.05, 0.1) is 16.7 Å². The molecule has 0 aliphatic rings. The lowest BCUT2D eigenvalue weighted by molar-refractivity contribution is -0.380. The summed E-state index contributed by atoms with van der Waals surface area (Å²) < 4.78 is 8.04. The van der Waals surface area contributed by atoms with Crippen molar-refractivity contribution in [2.24, 2.45) is 12.0 Å². The molecule has 0 aliphatic heterocycles. The molecule has 7 nitrogen and oxygen atoms in total. The van der Waals surface area contributed by atoms with Crippen LogP contribution in [-0.4, -0.2) is 22.5 Å². The minimum atomic E-state index is -0.522. The molecule has 3 aromatic rings. The first-order valence-corrected chi connectivity index (χ1v) is 8.10. The molecule has 2 heterocycles. The van der Waals surface area contributed by atoms with Gasteiger partial charge in [0.1, 0.15) is 16.1 Å². The Hall–Kier alpha value is -2.52. The van der Waals surface area contributed by atoms with Crippen LogP contribution >= 0.6 is 22.7 Å². The maximum atomic E-state index is 12.2. The molecule has 9 heteroatoms. The molecule has 0 saturated heterocycles. The zero-order valence-corrected chi connectivity index (χ0v) is 13.8. The van der Waals surface area contributed by atoms with Crippen LogP contribution in [0.1, 0.15) is 9.67 Å². The molecule has 0 fully saturated rings. The Kier molecular flexibility index (Phi) is 3.97. The highest BCUT2D eigenvalue weighted by Gasteiger charge is 2.15. The second-order valence-corrected chi connectivity index (χ2v) is 6.63. The lowest BCUT2D eigenvalue weighted by atomic mass is 10.3. The number of thiazole rings is 1. The average molecular weight is 349 g/mol. The number of para-hydroxylation sites is 1. The molecule has 3 rings (SSSR count). The zero-order chi connectivity index (χ0) is 16.6. The van der Waals surface area contributed by atoms with Crippen LogP contribution in [0.15, 0.2) is 35.3 Å². The SMILES string of the molecule is COc1cccc2sc(=NC(=O)c3ccc([N+](=O)[O-])s3)n(C)c12. The normalized spacial score (nSPS) is 11.8. The Morgan fingerprint density at radius 2 is 2.09 bits per heavy atom. The molecule has 1 aromatic carbocycles. The lowest BCUT2D eigenvalue weighted by Gasteiger charge is -2.02. The summed E-state index contributed by atoms with van der Waals surface area (Å²) in [5, 5.41) is 10.6. The fourth-order valence-electron chi connectivity index (χ4n) is 2.12. The average Bonchev–Trinajstić information content (AvgIpc) is 3.13. The third-order valence-corrected chi connectivity index (χ3v) is 5.31. The highest BCUT2D eigenvalue weighted by molar-refractivity contribution is 7.17. The van der Waals surface area contributed by atoms with E-state index in [1.54, 1.807) is 18.7 Å². The van der Waals surface area contributed by atoms with Gasteiger partial charge in [-0.3, -0.25) is 14.9 Å². The molecule has 0 unspecified atom stereocenters. The summed E-state index contributed by atoms with van der Waals surface area (Å²) in [6.45, 7) is 0. The van der Waals surface area contributed by atoms with Crippen LogP contribution < -0.4 is 9.54 Å². The van der Waals surface area contributed by atoms with E-state index >= 15 is 0 Å². The van der Waals surface area contributed by atoms with Crippen molar-refractivity contribution in [2.75, 3.05) is 7.11 Å². The Labute approximate surface area is 138 Å². The highest BCUT2D eigenvalue weighted by Crippen LogP contribution is 2.27. The van der Waals surface area contributed by atoms with E-state index in [-0.39, 0.29) is 9.88 Å². The van der Waals surface area contributed by atoms with Crippen LogP contribution in [-0.2, 0) is 7.05 Å². The number of thiophene rings is 1. The second kappa shape index (κ2) is 5.94. The van der Waals surface area contributed by atoms with Crippen molar-refractivity contribution in [3.8, 4) is 5.75 Å². The van der Waals surface area contributed by atoms with Crippen LogP contribution in [0.25, 0.3) is 10.2 Å². The molecule has 0 bridgehead atoms. The topological polar surface area (TPSA) is 86.7 Å². The third-order valence-electron chi connectivity index (χ3n) is 3.19. The number of amides is 1. The van der Waals surface area contributed by atoms with Gasteiger partial charge in [-0.1, -0.05) is 28.7 Å². The van der Waals surface area contributed by atoms with E-state index in [4.69, 9.17) is 4.74 Å². The van der Waals surface area contributed by atoms with Gasteiger partial charge >= 0.3 is 5.00 Å². The number of benzene rings is 1. The molecule has 2 aromatic heterocycles. The molecular formula is C14H11N3O4S2. The van der Waals surface area contributed by atoms with Gasteiger partial charge < -0.3 is 9.30 Å². The summed E-state index contributed by atoms with van der Waals surface area (Å²) in [6.07, 6.45) is 0. The first-order chi connectivity index (χ1) is 11.0. The van der Waals surface area contributed by atoms with Gasteiger partial charge in [0.2, 0.25) is 0 Å². The summed E-state index contributed by atoms with van der Waals surface area (Å²) in [6, 6.07) is 8.35. The molecule has 0 spiro atoms. The second-order valence-electron chi connectivity index (χ2n) is 4.56. The van der Waals surface area contributed by atoms with Crippen molar-refractivity contribution in [2.45, 2.75) is 0 Å². The van der Waals surface area contributed by atoms with Gasteiger partial charge in [0.15, 0.2) is 4.80 Å². The predicted octanol–water partition coefficient (Wildman–Crippen LogP) is 2.96. The number of aryl methyl sites for hydroxylation is 1. The number of carbonyl (C=O) groups excluding carboxylic acids is 1. The molecule has 23 heavy (non-hydrogen) atoms. The largest absolute Gasteiger partial charge is 0.495 e. The van der Waals surface area contributed by atoms with E-state index in [1.807, 2.05) is 18.2 Å². The summed E-state index contributed by atoms with van der Waals surface area (Å²) in [7, 11) is 3.38. The standard InChI is InChI=1S/C14H11N3O4S2/c1-16-12-8(21-2)4-3-5-9(12)23-14(16)15-13(18)10-6-7-11(22-10)17(19)20/h3-7H,1-2H3. The number of methoxy groups -OCH3 is 1. The van der Waals surface area contributed by atoms with Crippen LogP contribution in [0, 0.1) is 10.1 Å². The maximum absolute atomic E-state index is 12.2. The Bertz CT molecular complexity index is 983. The van der Waals surface area contributed by atoms with E-state index in [9.17, 15) is 14.9 Å². The zero-order valence-electron chi connectivity index (χ0n) is 12.2. The van der Waals surface area contributed by atoms with Crippen molar-refractivity contribution in [3.63, 3.8) is 0 Å². The molecule has 0 aliphatic carbocycles. The number of hydrogen-bond acceptors (Lipinski definition) is 6. The summed E-state index contributed by atoms with van der Waals surface area (Å²) in [5.41, 5.74) is 0.851. The number of nitro groups is 1. The number of hydrogen-bond donors (Lipinski definition) is 0. The van der Waals surface area contributed by atoms with Gasteiger partial charge in [-0.15, -0.1) is 0 Å². The Balaban J connectivity index is 2.08. The van der Waals surface area contributed by atoms with E-state index < -0.39 is 10.8 Å². The summed E-state index contributed by atoms with van der Waals surface area (Å²) in [4.78, 5) is 27.2. The maximum Gasteiger partial charge on any atom is 0.324 e. The number of aromatic nitrogens is 1. The minimum Gasteiger partial charge on any atom is -0.495 e. The molecule has 0 radical (unpaired) electrons.